The Morgan fingerprint density at radius 2 is 1.86 bits per heavy atom. The Morgan fingerprint density at radius 1 is 1.07 bits per heavy atom. The largest absolute Gasteiger partial charge is 0.452 e. The van der Waals surface area contributed by atoms with E-state index in [1.807, 2.05) is 44.2 Å². The predicted molar refractivity (Wildman–Crippen MR) is 112 cm³/mol. The summed E-state index contributed by atoms with van der Waals surface area (Å²) in [5.41, 5.74) is 4.64. The first-order chi connectivity index (χ1) is 14.1. The van der Waals surface area contributed by atoms with E-state index in [4.69, 9.17) is 4.74 Å². The molecule has 0 fully saturated rings. The zero-order valence-corrected chi connectivity index (χ0v) is 16.7. The molecule has 0 saturated carbocycles. The van der Waals surface area contributed by atoms with Gasteiger partial charge in [-0.25, -0.2) is 4.79 Å². The molecule has 0 saturated heterocycles. The average Bonchev–Trinajstić information content (AvgIpc) is 3.21. The van der Waals surface area contributed by atoms with Gasteiger partial charge in [0.15, 0.2) is 6.61 Å². The van der Waals surface area contributed by atoms with Crippen LogP contribution < -0.4 is 5.32 Å². The van der Waals surface area contributed by atoms with Gasteiger partial charge in [-0.2, -0.15) is 8.75 Å². The maximum absolute atomic E-state index is 12.8. The number of amides is 1. The SMILES string of the molecule is CCc1nc2ccccc2c(C(=O)OCC(=O)Nc2cccc3nsnc23)c1C. The van der Waals surface area contributed by atoms with Crippen molar-refractivity contribution in [3.63, 3.8) is 0 Å². The molecule has 0 aliphatic rings. The lowest BCUT2D eigenvalue weighted by Crippen LogP contribution is -2.22. The number of para-hydroxylation sites is 1. The van der Waals surface area contributed by atoms with Gasteiger partial charge >= 0.3 is 5.97 Å². The van der Waals surface area contributed by atoms with E-state index in [1.165, 1.54) is 0 Å². The normalized spacial score (nSPS) is 11.0. The van der Waals surface area contributed by atoms with Gasteiger partial charge in [-0.15, -0.1) is 0 Å². The van der Waals surface area contributed by atoms with Crippen LogP contribution in [0.25, 0.3) is 21.9 Å². The summed E-state index contributed by atoms with van der Waals surface area (Å²) < 4.78 is 13.7. The van der Waals surface area contributed by atoms with Crippen LogP contribution in [0, 0.1) is 6.92 Å². The molecule has 2 aromatic carbocycles. The van der Waals surface area contributed by atoms with Crippen LogP contribution in [0.2, 0.25) is 0 Å². The summed E-state index contributed by atoms with van der Waals surface area (Å²) in [6.07, 6.45) is 0.698. The number of fused-ring (bicyclic) bond motifs is 2. The van der Waals surface area contributed by atoms with E-state index >= 15 is 0 Å². The fourth-order valence-electron chi connectivity index (χ4n) is 3.26. The zero-order chi connectivity index (χ0) is 20.4. The molecule has 0 aliphatic heterocycles. The lowest BCUT2D eigenvalue weighted by atomic mass is 10.0. The highest BCUT2D eigenvalue weighted by Gasteiger charge is 2.20. The average molecular weight is 406 g/mol. The Balaban J connectivity index is 1.53. The topological polar surface area (TPSA) is 94.1 Å². The van der Waals surface area contributed by atoms with E-state index in [0.29, 0.717) is 34.1 Å². The molecule has 29 heavy (non-hydrogen) atoms. The lowest BCUT2D eigenvalue weighted by Gasteiger charge is -2.13. The predicted octanol–water partition coefficient (Wildman–Crippen LogP) is 3.91. The number of rotatable bonds is 5. The van der Waals surface area contributed by atoms with Gasteiger partial charge in [-0.3, -0.25) is 9.78 Å². The number of carbonyl (C=O) groups is 2. The maximum atomic E-state index is 12.8. The van der Waals surface area contributed by atoms with Crippen LogP contribution in [-0.2, 0) is 16.0 Å². The van der Waals surface area contributed by atoms with Gasteiger partial charge in [-0.05, 0) is 37.1 Å². The van der Waals surface area contributed by atoms with Gasteiger partial charge in [0.2, 0.25) is 0 Å². The van der Waals surface area contributed by atoms with Gasteiger partial charge in [-0.1, -0.05) is 31.2 Å². The first kappa shape index (κ1) is 18.9. The Bertz CT molecular complexity index is 1240. The van der Waals surface area contributed by atoms with Gasteiger partial charge in [0, 0.05) is 11.1 Å². The number of aryl methyl sites for hydroxylation is 1. The molecule has 1 amide bonds. The van der Waals surface area contributed by atoms with Crippen molar-refractivity contribution in [2.75, 3.05) is 11.9 Å². The molecule has 146 valence electrons. The van der Waals surface area contributed by atoms with E-state index in [9.17, 15) is 9.59 Å². The summed E-state index contributed by atoms with van der Waals surface area (Å²) >= 11 is 1.07. The minimum absolute atomic E-state index is 0.398. The molecule has 0 bridgehead atoms. The van der Waals surface area contributed by atoms with Crippen LogP contribution in [0.3, 0.4) is 0 Å². The molecule has 0 radical (unpaired) electrons. The zero-order valence-electron chi connectivity index (χ0n) is 15.9. The molecule has 4 rings (SSSR count). The van der Waals surface area contributed by atoms with Crippen molar-refractivity contribution in [1.82, 2.24) is 13.7 Å². The number of nitrogens with one attached hydrogen (secondary N) is 1. The smallest absolute Gasteiger partial charge is 0.339 e. The first-order valence-electron chi connectivity index (χ1n) is 9.15. The summed E-state index contributed by atoms with van der Waals surface area (Å²) in [5, 5.41) is 3.44. The number of esters is 1. The molecule has 2 heterocycles. The quantitative estimate of drug-likeness (QED) is 0.505. The summed E-state index contributed by atoms with van der Waals surface area (Å²) in [6.45, 7) is 3.44. The van der Waals surface area contributed by atoms with Crippen molar-refractivity contribution < 1.29 is 14.3 Å². The van der Waals surface area contributed by atoms with Gasteiger partial charge in [0.25, 0.3) is 5.91 Å². The number of hydrogen-bond acceptors (Lipinski definition) is 7. The summed E-state index contributed by atoms with van der Waals surface area (Å²) in [5.74, 6) is -0.981. The molecule has 0 spiro atoms. The van der Waals surface area contributed by atoms with Crippen molar-refractivity contribution in [2.45, 2.75) is 20.3 Å². The Labute approximate surface area is 171 Å². The van der Waals surface area contributed by atoms with Crippen molar-refractivity contribution in [1.29, 1.82) is 0 Å². The number of benzene rings is 2. The molecule has 2 aromatic heterocycles. The van der Waals surface area contributed by atoms with E-state index < -0.39 is 18.5 Å². The standard InChI is InChI=1S/C21H18N4O3S/c1-3-14-12(2)19(13-7-4-5-8-15(13)22-14)21(27)28-11-18(26)23-16-9-6-10-17-20(16)25-29-24-17/h4-10H,3,11H2,1-2H3,(H,23,26). The van der Waals surface area contributed by atoms with Crippen molar-refractivity contribution in [3.05, 3.63) is 59.3 Å². The number of anilines is 1. The van der Waals surface area contributed by atoms with Crippen molar-refractivity contribution in [3.8, 4) is 0 Å². The van der Waals surface area contributed by atoms with Crippen LogP contribution >= 0.6 is 11.7 Å². The summed E-state index contributed by atoms with van der Waals surface area (Å²) in [6, 6.07) is 12.8. The van der Waals surface area contributed by atoms with E-state index in [1.54, 1.807) is 12.1 Å². The maximum Gasteiger partial charge on any atom is 0.339 e. The monoisotopic (exact) mass is 406 g/mol. The molecule has 1 N–H and O–H groups in total. The highest BCUT2D eigenvalue weighted by atomic mass is 32.1. The summed E-state index contributed by atoms with van der Waals surface area (Å²) in [4.78, 5) is 29.8. The number of ether oxygens (including phenoxy) is 1. The fraction of sp³-hybridized carbons (Fsp3) is 0.190. The van der Waals surface area contributed by atoms with E-state index in [0.717, 1.165) is 28.5 Å². The molecule has 7 nitrogen and oxygen atoms in total. The number of hydrogen-bond donors (Lipinski definition) is 1. The highest BCUT2D eigenvalue weighted by Crippen LogP contribution is 2.25. The third kappa shape index (κ3) is 3.66. The molecule has 4 aromatic rings. The lowest BCUT2D eigenvalue weighted by molar-refractivity contribution is -0.119. The van der Waals surface area contributed by atoms with Crippen LogP contribution in [0.5, 0.6) is 0 Å². The van der Waals surface area contributed by atoms with Gasteiger partial charge < -0.3 is 10.1 Å². The summed E-state index contributed by atoms with van der Waals surface area (Å²) in [7, 11) is 0. The molecule has 8 heteroatoms. The van der Waals surface area contributed by atoms with E-state index in [2.05, 4.69) is 19.0 Å². The number of aromatic nitrogens is 3. The van der Waals surface area contributed by atoms with E-state index in [-0.39, 0.29) is 0 Å². The van der Waals surface area contributed by atoms with Gasteiger partial charge in [0.1, 0.15) is 11.0 Å². The minimum atomic E-state index is -0.542. The fourth-order valence-corrected chi connectivity index (χ4v) is 3.81. The van der Waals surface area contributed by atoms with Crippen molar-refractivity contribution in [2.24, 2.45) is 0 Å². The van der Waals surface area contributed by atoms with Crippen LogP contribution in [-0.4, -0.2) is 32.2 Å². The second-order valence-corrected chi connectivity index (χ2v) is 7.02. The number of pyridine rings is 1. The number of carbonyl (C=O) groups excluding carboxylic acids is 2. The molecular weight excluding hydrogens is 388 g/mol. The third-order valence-corrected chi connectivity index (χ3v) is 5.21. The van der Waals surface area contributed by atoms with Crippen LogP contribution in [0.4, 0.5) is 5.69 Å². The Morgan fingerprint density at radius 3 is 2.69 bits per heavy atom. The van der Waals surface area contributed by atoms with Crippen LogP contribution in [0.1, 0.15) is 28.5 Å². The Kier molecular flexibility index (Phi) is 5.18. The third-order valence-electron chi connectivity index (χ3n) is 4.67. The number of nitrogens with zero attached hydrogens (tertiary/aromatic N) is 3. The second kappa shape index (κ2) is 7.92. The Hall–Kier alpha value is -3.39. The molecular formula is C21H18N4O3S. The van der Waals surface area contributed by atoms with Crippen molar-refractivity contribution >= 4 is 51.2 Å². The second-order valence-electron chi connectivity index (χ2n) is 6.49. The highest BCUT2D eigenvalue weighted by molar-refractivity contribution is 7.00. The molecule has 0 unspecified atom stereocenters. The molecule has 0 atom stereocenters. The van der Waals surface area contributed by atoms with Crippen LogP contribution in [0.15, 0.2) is 42.5 Å². The van der Waals surface area contributed by atoms with Gasteiger partial charge in [0.05, 0.1) is 28.5 Å². The first-order valence-corrected chi connectivity index (χ1v) is 9.88. The minimum Gasteiger partial charge on any atom is -0.452 e. The molecule has 0 aliphatic carbocycles.